The molecule has 4 aromatic carbocycles. The molecule has 0 spiro atoms. The van der Waals surface area contributed by atoms with Crippen molar-refractivity contribution in [3.8, 4) is 5.75 Å². The first-order chi connectivity index (χ1) is 16.2. The maximum atomic E-state index is 13.6. The Balaban J connectivity index is 1.64. The van der Waals surface area contributed by atoms with Crippen LogP contribution in [0.15, 0.2) is 102 Å². The molecule has 0 unspecified atom stereocenters. The molecular weight excluding hydrogens is 432 g/mol. The van der Waals surface area contributed by atoms with Gasteiger partial charge in [0.1, 0.15) is 17.3 Å². The molecular formula is C28H21ClN2O2. The summed E-state index contributed by atoms with van der Waals surface area (Å²) in [5.74, 6) is 1.04. The van der Waals surface area contributed by atoms with Crippen LogP contribution in [0.4, 0.5) is 5.69 Å². The van der Waals surface area contributed by atoms with E-state index in [9.17, 15) is 4.79 Å². The summed E-state index contributed by atoms with van der Waals surface area (Å²) in [6.07, 6.45) is 1.84. The Morgan fingerprint density at radius 3 is 2.42 bits per heavy atom. The molecule has 0 bridgehead atoms. The molecule has 0 fully saturated rings. The summed E-state index contributed by atoms with van der Waals surface area (Å²) >= 11 is 6.50. The predicted molar refractivity (Wildman–Crippen MR) is 135 cm³/mol. The lowest BCUT2D eigenvalue weighted by atomic mass is 10.0. The fourth-order valence-corrected chi connectivity index (χ4v) is 4.18. The number of hydrogen-bond donors (Lipinski definition) is 0. The van der Waals surface area contributed by atoms with Crippen molar-refractivity contribution in [2.75, 3.05) is 11.5 Å². The summed E-state index contributed by atoms with van der Waals surface area (Å²) in [6, 6.07) is 29.0. The molecule has 4 nitrogen and oxygen atoms in total. The van der Waals surface area contributed by atoms with Crippen LogP contribution in [0.25, 0.3) is 16.8 Å². The van der Waals surface area contributed by atoms with Crippen LogP contribution in [0.3, 0.4) is 0 Å². The minimum Gasteiger partial charge on any atom is -0.494 e. The largest absolute Gasteiger partial charge is 0.494 e. The van der Waals surface area contributed by atoms with E-state index < -0.39 is 0 Å². The van der Waals surface area contributed by atoms with E-state index in [1.54, 1.807) is 11.0 Å². The first-order valence-electron chi connectivity index (χ1n) is 10.8. The van der Waals surface area contributed by atoms with Gasteiger partial charge in [-0.1, -0.05) is 66.2 Å². The number of fused-ring (bicyclic) bond motifs is 1. The zero-order chi connectivity index (χ0) is 22.8. The van der Waals surface area contributed by atoms with Gasteiger partial charge in [-0.05, 0) is 65.7 Å². The Kier molecular flexibility index (Phi) is 5.68. The third-order valence-corrected chi connectivity index (χ3v) is 5.83. The Bertz CT molecular complexity index is 1400. The standard InChI is InChI=1S/C28H21ClN2O2/c1-2-33-22-16-14-21(15-17-22)31-27(24-12-5-6-13-25(24)29)30-26(28(31)32)18-20-10-7-9-19-8-3-4-11-23(19)20/h3-18H,2H2,1H3/b26-18+. The zero-order valence-electron chi connectivity index (χ0n) is 18.0. The van der Waals surface area contributed by atoms with Crippen LogP contribution in [0.1, 0.15) is 18.1 Å². The maximum Gasteiger partial charge on any atom is 0.282 e. The third kappa shape index (κ3) is 4.01. The minimum absolute atomic E-state index is 0.206. The van der Waals surface area contributed by atoms with Crippen molar-refractivity contribution in [2.24, 2.45) is 4.99 Å². The Hall–Kier alpha value is -3.89. The summed E-state index contributed by atoms with van der Waals surface area (Å²) in [6.45, 7) is 2.51. The van der Waals surface area contributed by atoms with Gasteiger partial charge in [0, 0.05) is 5.56 Å². The molecule has 0 atom stereocenters. The van der Waals surface area contributed by atoms with E-state index in [-0.39, 0.29) is 5.91 Å². The summed E-state index contributed by atoms with van der Waals surface area (Å²) < 4.78 is 5.56. The normalized spacial score (nSPS) is 14.7. The van der Waals surface area contributed by atoms with Gasteiger partial charge < -0.3 is 4.74 Å². The van der Waals surface area contributed by atoms with E-state index in [0.717, 1.165) is 22.1 Å². The molecule has 5 heteroatoms. The van der Waals surface area contributed by atoms with E-state index >= 15 is 0 Å². The van der Waals surface area contributed by atoms with Crippen LogP contribution < -0.4 is 9.64 Å². The van der Waals surface area contributed by atoms with E-state index in [2.05, 4.69) is 12.1 Å². The van der Waals surface area contributed by atoms with Crippen molar-refractivity contribution < 1.29 is 9.53 Å². The number of aliphatic imine (C=N–C) groups is 1. The molecule has 0 saturated carbocycles. The number of benzene rings is 4. The number of amidine groups is 1. The molecule has 33 heavy (non-hydrogen) atoms. The highest BCUT2D eigenvalue weighted by molar-refractivity contribution is 6.39. The molecule has 1 aliphatic heterocycles. The molecule has 1 heterocycles. The molecule has 0 radical (unpaired) electrons. The molecule has 1 aliphatic rings. The number of hydrogen-bond acceptors (Lipinski definition) is 3. The minimum atomic E-state index is -0.206. The number of ether oxygens (including phenoxy) is 1. The average molecular weight is 453 g/mol. The summed E-state index contributed by atoms with van der Waals surface area (Å²) in [5, 5.41) is 2.71. The van der Waals surface area contributed by atoms with Gasteiger partial charge in [-0.15, -0.1) is 0 Å². The van der Waals surface area contributed by atoms with Crippen LogP contribution in [-0.4, -0.2) is 18.3 Å². The van der Waals surface area contributed by atoms with Gasteiger partial charge in [-0.25, -0.2) is 4.99 Å². The second-order valence-corrected chi connectivity index (χ2v) is 7.99. The average Bonchev–Trinajstić information content (AvgIpc) is 3.16. The van der Waals surface area contributed by atoms with Gasteiger partial charge in [-0.3, -0.25) is 9.69 Å². The highest BCUT2D eigenvalue weighted by Crippen LogP contribution is 2.32. The van der Waals surface area contributed by atoms with Crippen LogP contribution >= 0.6 is 11.6 Å². The summed E-state index contributed by atoms with van der Waals surface area (Å²) in [5.41, 5.74) is 2.69. The van der Waals surface area contributed by atoms with Gasteiger partial charge in [0.15, 0.2) is 0 Å². The molecule has 162 valence electrons. The van der Waals surface area contributed by atoms with E-state index in [1.807, 2.05) is 85.8 Å². The quantitative estimate of drug-likeness (QED) is 0.315. The molecule has 1 amide bonds. The first-order valence-corrected chi connectivity index (χ1v) is 11.1. The molecule has 4 aromatic rings. The fourth-order valence-electron chi connectivity index (χ4n) is 3.96. The van der Waals surface area contributed by atoms with Crippen molar-refractivity contribution in [1.29, 1.82) is 0 Å². The number of anilines is 1. The van der Waals surface area contributed by atoms with Crippen LogP contribution in [0, 0.1) is 0 Å². The summed E-state index contributed by atoms with van der Waals surface area (Å²) in [4.78, 5) is 20.0. The Labute approximate surface area is 197 Å². The van der Waals surface area contributed by atoms with Crippen molar-refractivity contribution in [2.45, 2.75) is 6.92 Å². The fraction of sp³-hybridized carbons (Fsp3) is 0.0714. The predicted octanol–water partition coefficient (Wildman–Crippen LogP) is 6.73. The van der Waals surface area contributed by atoms with E-state index in [0.29, 0.717) is 34.4 Å². The number of rotatable bonds is 5. The maximum absolute atomic E-state index is 13.6. The Morgan fingerprint density at radius 1 is 0.909 bits per heavy atom. The van der Waals surface area contributed by atoms with Gasteiger partial charge >= 0.3 is 0 Å². The highest BCUT2D eigenvalue weighted by Gasteiger charge is 2.33. The summed E-state index contributed by atoms with van der Waals surface area (Å²) in [7, 11) is 0. The number of amides is 1. The van der Waals surface area contributed by atoms with Crippen molar-refractivity contribution in [3.05, 3.63) is 113 Å². The SMILES string of the molecule is CCOc1ccc(N2C(=O)/C(=C\c3cccc4ccccc34)N=C2c2ccccc2Cl)cc1. The van der Waals surface area contributed by atoms with Crippen molar-refractivity contribution in [3.63, 3.8) is 0 Å². The van der Waals surface area contributed by atoms with E-state index in [4.69, 9.17) is 21.3 Å². The van der Waals surface area contributed by atoms with Gasteiger partial charge in [0.05, 0.1) is 17.3 Å². The molecule has 5 rings (SSSR count). The van der Waals surface area contributed by atoms with Crippen LogP contribution in [0.5, 0.6) is 5.75 Å². The molecule has 0 aliphatic carbocycles. The number of halogens is 1. The molecule has 0 aromatic heterocycles. The van der Waals surface area contributed by atoms with Crippen LogP contribution in [0.2, 0.25) is 5.02 Å². The monoisotopic (exact) mass is 452 g/mol. The van der Waals surface area contributed by atoms with Crippen molar-refractivity contribution in [1.82, 2.24) is 0 Å². The zero-order valence-corrected chi connectivity index (χ0v) is 18.8. The van der Waals surface area contributed by atoms with Gasteiger partial charge in [0.25, 0.3) is 5.91 Å². The molecule has 0 N–H and O–H groups in total. The number of nitrogens with zero attached hydrogens (tertiary/aromatic N) is 2. The van der Waals surface area contributed by atoms with Gasteiger partial charge in [0.2, 0.25) is 0 Å². The van der Waals surface area contributed by atoms with Crippen molar-refractivity contribution >= 4 is 45.9 Å². The topological polar surface area (TPSA) is 41.9 Å². The molecule has 0 saturated heterocycles. The number of carbonyl (C=O) groups is 1. The second-order valence-electron chi connectivity index (χ2n) is 7.58. The number of carbonyl (C=O) groups excluding carboxylic acids is 1. The lowest BCUT2D eigenvalue weighted by Crippen LogP contribution is -2.32. The van der Waals surface area contributed by atoms with E-state index in [1.165, 1.54) is 0 Å². The second kappa shape index (κ2) is 8.93. The van der Waals surface area contributed by atoms with Crippen LogP contribution in [-0.2, 0) is 4.79 Å². The first kappa shape index (κ1) is 21.0. The third-order valence-electron chi connectivity index (χ3n) is 5.50. The Morgan fingerprint density at radius 2 is 1.64 bits per heavy atom. The highest BCUT2D eigenvalue weighted by atomic mass is 35.5. The lowest BCUT2D eigenvalue weighted by molar-refractivity contribution is -0.113. The van der Waals surface area contributed by atoms with Gasteiger partial charge in [-0.2, -0.15) is 0 Å². The smallest absolute Gasteiger partial charge is 0.282 e. The lowest BCUT2D eigenvalue weighted by Gasteiger charge is -2.19.